The van der Waals surface area contributed by atoms with Crippen molar-refractivity contribution in [2.24, 2.45) is 17.6 Å². The topological polar surface area (TPSA) is 89.1 Å². The fourth-order valence-electron chi connectivity index (χ4n) is 4.28. The quantitative estimate of drug-likeness (QED) is 0.787. The number of halogens is 1. The van der Waals surface area contributed by atoms with Gasteiger partial charge in [-0.2, -0.15) is 0 Å². The van der Waals surface area contributed by atoms with Gasteiger partial charge in [0.15, 0.2) is 0 Å². The van der Waals surface area contributed by atoms with E-state index in [0.29, 0.717) is 25.0 Å². The largest absolute Gasteiger partial charge is 0.352 e. The lowest BCUT2D eigenvalue weighted by Crippen LogP contribution is -2.58. The number of rotatable bonds is 6. The summed E-state index contributed by atoms with van der Waals surface area (Å²) in [6.07, 6.45) is 3.94. The highest BCUT2D eigenvalue weighted by molar-refractivity contribution is 5.79. The number of hydrogen-bond donors (Lipinski definition) is 2. The van der Waals surface area contributed by atoms with Crippen LogP contribution in [-0.2, 0) is 24.4 Å². The molecule has 8 heteroatoms. The van der Waals surface area contributed by atoms with E-state index in [4.69, 9.17) is 5.73 Å². The minimum absolute atomic E-state index is 0.0193. The van der Waals surface area contributed by atoms with Gasteiger partial charge in [0.2, 0.25) is 5.91 Å². The smallest absolute Gasteiger partial charge is 0.224 e. The van der Waals surface area contributed by atoms with Gasteiger partial charge in [0, 0.05) is 31.9 Å². The van der Waals surface area contributed by atoms with Crippen LogP contribution in [0, 0.1) is 17.7 Å². The van der Waals surface area contributed by atoms with E-state index < -0.39 is 0 Å². The van der Waals surface area contributed by atoms with Crippen LogP contribution in [0.4, 0.5) is 4.39 Å². The van der Waals surface area contributed by atoms with Crippen LogP contribution in [0.2, 0.25) is 0 Å². The first-order valence-corrected chi connectivity index (χ1v) is 9.47. The van der Waals surface area contributed by atoms with Crippen LogP contribution in [0.5, 0.6) is 0 Å². The minimum Gasteiger partial charge on any atom is -0.352 e. The molecule has 2 bridgehead atoms. The molecule has 3 N–H and O–H groups in total. The van der Waals surface area contributed by atoms with E-state index in [1.807, 2.05) is 10.9 Å². The van der Waals surface area contributed by atoms with Gasteiger partial charge in [-0.3, -0.25) is 14.4 Å². The van der Waals surface area contributed by atoms with E-state index >= 15 is 0 Å². The van der Waals surface area contributed by atoms with Gasteiger partial charge in [-0.15, -0.1) is 5.10 Å². The second kappa shape index (κ2) is 7.74. The number of carbonyl (C=O) groups excluding carboxylic acids is 1. The normalized spacial score (nSPS) is 26.9. The number of aromatic nitrogens is 3. The standard InChI is InChI=1S/C19H25FN6O/c20-15-3-1-13(2-4-15)9-22-19(27)18-12-25-6-5-14(18)7-17(25)11-26-10-16(8-21)23-24-26/h1-4,10,14,17-18H,5-9,11-12,21H2,(H,22,27)/t14-,17+,18+/m0/s1. The number of amides is 1. The van der Waals surface area contributed by atoms with Gasteiger partial charge >= 0.3 is 0 Å². The monoisotopic (exact) mass is 372 g/mol. The Labute approximate surface area is 157 Å². The molecular weight excluding hydrogens is 347 g/mol. The number of nitrogens with one attached hydrogen (secondary N) is 1. The maximum Gasteiger partial charge on any atom is 0.224 e. The molecule has 3 aliphatic heterocycles. The molecule has 0 saturated carbocycles. The SMILES string of the molecule is NCc1cn(C[C@H]2C[C@@H]3CCN2C[C@H]3C(=O)NCc2ccc(F)cc2)nn1. The zero-order valence-corrected chi connectivity index (χ0v) is 15.2. The zero-order valence-electron chi connectivity index (χ0n) is 15.2. The minimum atomic E-state index is -0.264. The number of piperidine rings is 3. The number of carbonyl (C=O) groups is 1. The van der Waals surface area contributed by atoms with Crippen LogP contribution < -0.4 is 11.1 Å². The lowest BCUT2D eigenvalue weighted by molar-refractivity contribution is -0.133. The molecule has 0 aliphatic carbocycles. The van der Waals surface area contributed by atoms with Crippen molar-refractivity contribution in [1.29, 1.82) is 0 Å². The van der Waals surface area contributed by atoms with Crippen molar-refractivity contribution in [3.05, 3.63) is 47.5 Å². The van der Waals surface area contributed by atoms with Gasteiger partial charge in [-0.05, 0) is 43.0 Å². The molecule has 1 aromatic heterocycles. The van der Waals surface area contributed by atoms with Crippen molar-refractivity contribution >= 4 is 5.91 Å². The lowest BCUT2D eigenvalue weighted by Gasteiger charge is -2.49. The Morgan fingerprint density at radius 1 is 1.33 bits per heavy atom. The molecular formula is C19H25FN6O. The summed E-state index contributed by atoms with van der Waals surface area (Å²) in [5.74, 6) is 0.245. The maximum atomic E-state index is 13.0. The molecule has 3 fully saturated rings. The molecule has 4 heterocycles. The summed E-state index contributed by atoms with van der Waals surface area (Å²) >= 11 is 0. The van der Waals surface area contributed by atoms with Crippen LogP contribution in [0.3, 0.4) is 0 Å². The van der Waals surface area contributed by atoms with Crippen molar-refractivity contribution in [2.75, 3.05) is 13.1 Å². The molecule has 1 amide bonds. The number of hydrogen-bond acceptors (Lipinski definition) is 5. The fourth-order valence-corrected chi connectivity index (χ4v) is 4.28. The van der Waals surface area contributed by atoms with Crippen LogP contribution in [0.1, 0.15) is 24.1 Å². The fraction of sp³-hybridized carbons (Fsp3) is 0.526. The Kier molecular flexibility index (Phi) is 5.18. The first-order valence-electron chi connectivity index (χ1n) is 9.47. The molecule has 0 spiro atoms. The zero-order chi connectivity index (χ0) is 18.8. The molecule has 27 heavy (non-hydrogen) atoms. The van der Waals surface area contributed by atoms with Gasteiger partial charge in [0.1, 0.15) is 5.82 Å². The highest BCUT2D eigenvalue weighted by atomic mass is 19.1. The van der Waals surface area contributed by atoms with Crippen molar-refractivity contribution in [3.8, 4) is 0 Å². The third-order valence-corrected chi connectivity index (χ3v) is 5.79. The summed E-state index contributed by atoms with van der Waals surface area (Å²) in [6, 6.07) is 6.63. The van der Waals surface area contributed by atoms with E-state index in [1.54, 1.807) is 12.1 Å². The number of nitrogens with zero attached hydrogens (tertiary/aromatic N) is 4. The maximum absolute atomic E-state index is 13.0. The number of nitrogens with two attached hydrogens (primary N) is 1. The van der Waals surface area contributed by atoms with Crippen molar-refractivity contribution < 1.29 is 9.18 Å². The van der Waals surface area contributed by atoms with Crippen LogP contribution in [-0.4, -0.2) is 44.9 Å². The molecule has 144 valence electrons. The Balaban J connectivity index is 1.32. The Bertz CT molecular complexity index is 792. The highest BCUT2D eigenvalue weighted by Crippen LogP contribution is 2.36. The summed E-state index contributed by atoms with van der Waals surface area (Å²) in [7, 11) is 0. The third-order valence-electron chi connectivity index (χ3n) is 5.79. The number of benzene rings is 1. The molecule has 1 unspecified atom stereocenters. The summed E-state index contributed by atoms with van der Waals surface area (Å²) in [6.45, 7) is 3.42. The van der Waals surface area contributed by atoms with Crippen LogP contribution in [0.15, 0.2) is 30.5 Å². The molecule has 3 saturated heterocycles. The van der Waals surface area contributed by atoms with Crippen LogP contribution >= 0.6 is 0 Å². The molecule has 1 aromatic carbocycles. The predicted molar refractivity (Wildman–Crippen MR) is 97.7 cm³/mol. The Morgan fingerprint density at radius 3 is 2.81 bits per heavy atom. The molecule has 4 atom stereocenters. The summed E-state index contributed by atoms with van der Waals surface area (Å²) < 4.78 is 14.8. The molecule has 0 radical (unpaired) electrons. The van der Waals surface area contributed by atoms with E-state index in [2.05, 4.69) is 20.5 Å². The second-order valence-electron chi connectivity index (χ2n) is 7.52. The van der Waals surface area contributed by atoms with Gasteiger partial charge in [0.25, 0.3) is 0 Å². The summed E-state index contributed by atoms with van der Waals surface area (Å²) in [4.78, 5) is 15.1. The van der Waals surface area contributed by atoms with Crippen LogP contribution in [0.25, 0.3) is 0 Å². The number of fused-ring (bicyclic) bond motifs is 3. The van der Waals surface area contributed by atoms with Crippen molar-refractivity contribution in [1.82, 2.24) is 25.2 Å². The third kappa shape index (κ3) is 4.01. The average molecular weight is 372 g/mol. The Morgan fingerprint density at radius 2 is 2.15 bits per heavy atom. The summed E-state index contributed by atoms with van der Waals surface area (Å²) in [5.41, 5.74) is 7.30. The molecule has 2 aromatic rings. The van der Waals surface area contributed by atoms with E-state index in [1.165, 1.54) is 12.1 Å². The first kappa shape index (κ1) is 18.1. The molecule has 5 rings (SSSR count). The molecule has 3 aliphatic rings. The van der Waals surface area contributed by atoms with Crippen molar-refractivity contribution in [2.45, 2.75) is 38.5 Å². The van der Waals surface area contributed by atoms with Gasteiger partial charge < -0.3 is 11.1 Å². The second-order valence-corrected chi connectivity index (χ2v) is 7.52. The Hall–Kier alpha value is -2.32. The highest BCUT2D eigenvalue weighted by Gasteiger charge is 2.43. The van der Waals surface area contributed by atoms with E-state index in [0.717, 1.165) is 43.7 Å². The van der Waals surface area contributed by atoms with E-state index in [-0.39, 0.29) is 17.6 Å². The van der Waals surface area contributed by atoms with Crippen molar-refractivity contribution in [3.63, 3.8) is 0 Å². The van der Waals surface area contributed by atoms with E-state index in [9.17, 15) is 9.18 Å². The van der Waals surface area contributed by atoms with Gasteiger partial charge in [-0.25, -0.2) is 4.39 Å². The summed E-state index contributed by atoms with van der Waals surface area (Å²) in [5, 5.41) is 11.2. The van der Waals surface area contributed by atoms with Gasteiger partial charge in [0.05, 0.1) is 18.2 Å². The lowest BCUT2D eigenvalue weighted by atomic mass is 9.75. The van der Waals surface area contributed by atoms with Gasteiger partial charge in [-0.1, -0.05) is 17.3 Å². The predicted octanol–water partition coefficient (Wildman–Crippen LogP) is 0.903. The molecule has 7 nitrogen and oxygen atoms in total. The first-order chi connectivity index (χ1) is 13.1. The average Bonchev–Trinajstić information content (AvgIpc) is 3.15.